The Morgan fingerprint density at radius 2 is 2.10 bits per heavy atom. The second kappa shape index (κ2) is 3.73. The summed E-state index contributed by atoms with van der Waals surface area (Å²) in [4.78, 5) is 8.35. The molecule has 0 saturated carbocycles. The Morgan fingerprint density at radius 3 is 2.70 bits per heavy atom. The van der Waals surface area contributed by atoms with Crippen LogP contribution in [0.1, 0.15) is 6.92 Å². The van der Waals surface area contributed by atoms with Crippen LogP contribution in [0, 0.1) is 0 Å². The molecule has 0 amide bonds. The summed E-state index contributed by atoms with van der Waals surface area (Å²) in [6.07, 6.45) is -1.49. The molecule has 0 aromatic carbocycles. The summed E-state index contributed by atoms with van der Waals surface area (Å²) in [6, 6.07) is -2.18. The predicted molar refractivity (Wildman–Crippen MR) is 66.8 cm³/mol. The Labute approximate surface area is 114 Å². The highest BCUT2D eigenvalue weighted by Gasteiger charge is 2.78. The molecule has 0 unspecified atom stereocenters. The molecule has 5 atom stereocenters. The largest absolute Gasteiger partial charge is 0.394 e. The second-order valence-corrected chi connectivity index (χ2v) is 5.45. The summed E-state index contributed by atoms with van der Waals surface area (Å²) >= 11 is 0. The van der Waals surface area contributed by atoms with Crippen LogP contribution in [0.3, 0.4) is 0 Å². The number of rotatable bonds is 1. The van der Waals surface area contributed by atoms with Crippen molar-refractivity contribution in [2.24, 2.45) is 16.5 Å². The van der Waals surface area contributed by atoms with Crippen LogP contribution in [0.25, 0.3) is 0 Å². The lowest BCUT2D eigenvalue weighted by atomic mass is 9.86. The number of guanidine groups is 2. The van der Waals surface area contributed by atoms with Gasteiger partial charge in [-0.05, 0) is 6.92 Å². The van der Waals surface area contributed by atoms with Crippen LogP contribution in [-0.4, -0.2) is 79.5 Å². The third-order valence-corrected chi connectivity index (χ3v) is 4.42. The van der Waals surface area contributed by atoms with Crippen molar-refractivity contribution in [3.05, 3.63) is 0 Å². The normalized spacial score (nSPS) is 45.4. The summed E-state index contributed by atoms with van der Waals surface area (Å²) < 4.78 is 0. The van der Waals surface area contributed by atoms with Gasteiger partial charge in [-0.1, -0.05) is 0 Å². The summed E-state index contributed by atoms with van der Waals surface area (Å²) in [6.45, 7) is 1.24. The Morgan fingerprint density at radius 1 is 1.45 bits per heavy atom. The minimum absolute atomic E-state index is 0.000764. The quantitative estimate of drug-likeness (QED) is 0.220. The van der Waals surface area contributed by atoms with Crippen molar-refractivity contribution in [2.45, 2.75) is 42.6 Å². The first-order valence-electron chi connectivity index (χ1n) is 6.30. The molecule has 0 aliphatic carbocycles. The molecule has 20 heavy (non-hydrogen) atoms. The lowest BCUT2D eigenvalue weighted by Crippen LogP contribution is -2.90. The monoisotopic (exact) mass is 287 g/mol. The van der Waals surface area contributed by atoms with Gasteiger partial charge in [0.25, 0.3) is 11.4 Å². The molecule has 3 heterocycles. The van der Waals surface area contributed by atoms with Crippen LogP contribution in [0.5, 0.6) is 0 Å². The van der Waals surface area contributed by atoms with Gasteiger partial charge in [0.1, 0.15) is 12.1 Å². The van der Waals surface area contributed by atoms with Crippen molar-refractivity contribution in [1.82, 2.24) is 10.2 Å². The van der Waals surface area contributed by atoms with E-state index in [4.69, 9.17) is 11.5 Å². The number of aliphatic hydroxyl groups excluding tert-OH is 2. The van der Waals surface area contributed by atoms with Gasteiger partial charge in [-0.15, -0.1) is 0 Å². The molecule has 3 aliphatic rings. The van der Waals surface area contributed by atoms with Gasteiger partial charge in [-0.2, -0.15) is 0 Å². The lowest BCUT2D eigenvalue weighted by Gasteiger charge is -2.46. The third kappa shape index (κ3) is 1.22. The lowest BCUT2D eigenvalue weighted by molar-refractivity contribution is -0.523. The van der Waals surface area contributed by atoms with E-state index in [1.807, 2.05) is 0 Å². The number of hydrogen-bond acceptors (Lipinski definition) is 9. The maximum absolute atomic E-state index is 10.4. The van der Waals surface area contributed by atoms with Gasteiger partial charge in [-0.25, -0.2) is 10.3 Å². The third-order valence-electron chi connectivity index (χ3n) is 4.42. The van der Waals surface area contributed by atoms with Crippen LogP contribution < -0.4 is 21.8 Å². The van der Waals surface area contributed by atoms with E-state index in [0.29, 0.717) is 0 Å². The van der Waals surface area contributed by atoms with E-state index >= 15 is 0 Å². The topological polar surface area (TPSA) is 175 Å². The highest BCUT2D eigenvalue weighted by Crippen LogP contribution is 2.44. The predicted octanol–water partition coefficient (Wildman–Crippen LogP) is -6.52. The van der Waals surface area contributed by atoms with Crippen molar-refractivity contribution in [3.8, 4) is 0 Å². The Balaban J connectivity index is 2.21. The molecule has 10 nitrogen and oxygen atoms in total. The van der Waals surface area contributed by atoms with Crippen molar-refractivity contribution < 1.29 is 25.4 Å². The maximum atomic E-state index is 10.4. The van der Waals surface area contributed by atoms with E-state index in [-0.39, 0.29) is 18.5 Å². The summed E-state index contributed by atoms with van der Waals surface area (Å²) in [7, 11) is 0. The van der Waals surface area contributed by atoms with E-state index < -0.39 is 35.7 Å². The van der Waals surface area contributed by atoms with Gasteiger partial charge in [-0.3, -0.25) is 15.6 Å². The molecule has 0 aromatic rings. The fourth-order valence-electron chi connectivity index (χ4n) is 3.54. The number of nitrogens with zero attached hydrogens (tertiary/aromatic N) is 2. The standard InChI is InChI=1S/C10H18N6O4/c1-3-6(18)10(19,20)9-5(14-7(11)15-9)4(2-17)13-8(12)16(3)9/h3-6,17-20H,2H2,1H3,(H2,12,13)(H3,11,14,15)/p+1/t3-,4-,5-,6-,9-/m0/s1. The Bertz CT molecular complexity index is 508. The van der Waals surface area contributed by atoms with Crippen LogP contribution in [0.2, 0.25) is 0 Å². The van der Waals surface area contributed by atoms with E-state index in [2.05, 4.69) is 15.3 Å². The number of aliphatic hydroxyl groups is 4. The molecule has 1 saturated heterocycles. The molecule has 0 radical (unpaired) electrons. The summed E-state index contributed by atoms with van der Waals surface area (Å²) in [5.41, 5.74) is 9.99. The molecular formula is C10H19N6O4+. The van der Waals surface area contributed by atoms with Crippen LogP contribution in [0.15, 0.2) is 4.99 Å². The number of hydrogen-bond donors (Lipinski definition) is 8. The van der Waals surface area contributed by atoms with Gasteiger partial charge < -0.3 is 26.2 Å². The zero-order valence-electron chi connectivity index (χ0n) is 10.9. The van der Waals surface area contributed by atoms with Crippen LogP contribution >= 0.6 is 0 Å². The molecule has 10 heteroatoms. The Hall–Kier alpha value is -1.62. The average molecular weight is 287 g/mol. The maximum Gasteiger partial charge on any atom is 0.343 e. The highest BCUT2D eigenvalue weighted by molar-refractivity contribution is 5.84. The van der Waals surface area contributed by atoms with E-state index in [0.717, 1.165) is 0 Å². The van der Waals surface area contributed by atoms with E-state index in [1.165, 1.54) is 4.90 Å². The fraction of sp³-hybridized carbons (Fsp3) is 0.800. The molecular weight excluding hydrogens is 268 g/mol. The van der Waals surface area contributed by atoms with Gasteiger partial charge in [0.2, 0.25) is 0 Å². The first kappa shape index (κ1) is 13.4. The highest BCUT2D eigenvalue weighted by atomic mass is 16.5. The smallest absolute Gasteiger partial charge is 0.343 e. The van der Waals surface area contributed by atoms with Crippen LogP contribution in [0.4, 0.5) is 0 Å². The van der Waals surface area contributed by atoms with Gasteiger partial charge in [0, 0.05) is 0 Å². The average Bonchev–Trinajstić information content (AvgIpc) is 2.80. The van der Waals surface area contributed by atoms with Gasteiger partial charge in [0.15, 0.2) is 12.0 Å². The van der Waals surface area contributed by atoms with Crippen LogP contribution in [-0.2, 0) is 0 Å². The number of aliphatic imine (C=N–C) groups is 1. The molecule has 0 aromatic heterocycles. The van der Waals surface area contributed by atoms with Crippen molar-refractivity contribution in [2.75, 3.05) is 6.61 Å². The fourth-order valence-corrected chi connectivity index (χ4v) is 3.54. The first-order chi connectivity index (χ1) is 9.27. The first-order valence-corrected chi connectivity index (χ1v) is 6.30. The van der Waals surface area contributed by atoms with Crippen molar-refractivity contribution in [3.63, 3.8) is 0 Å². The zero-order chi connectivity index (χ0) is 14.9. The van der Waals surface area contributed by atoms with Crippen molar-refractivity contribution in [1.29, 1.82) is 0 Å². The molecule has 1 fully saturated rings. The molecule has 1 spiro atoms. The second-order valence-electron chi connectivity index (χ2n) is 5.45. The van der Waals surface area contributed by atoms with Gasteiger partial charge >= 0.3 is 5.96 Å². The SMILES string of the molecule is C[C@H]1[C@H](O)C(O)(O)[C@]23NC(N)=[NH+][C@H]2[C@H](CO)N=C(N)N13. The van der Waals surface area contributed by atoms with Crippen molar-refractivity contribution >= 4 is 11.9 Å². The number of nitrogens with two attached hydrogens (primary N) is 2. The Kier molecular flexibility index (Phi) is 2.49. The minimum Gasteiger partial charge on any atom is -0.394 e. The summed E-state index contributed by atoms with van der Waals surface area (Å²) in [5, 5.41) is 43.2. The van der Waals surface area contributed by atoms with Gasteiger partial charge in [0.05, 0.1) is 12.6 Å². The molecule has 112 valence electrons. The molecule has 10 N–H and O–H groups in total. The molecule has 3 rings (SSSR count). The minimum atomic E-state index is -2.53. The zero-order valence-corrected chi connectivity index (χ0v) is 10.9. The molecule has 0 bridgehead atoms. The number of nitrogens with one attached hydrogen (secondary N) is 2. The van der Waals surface area contributed by atoms with E-state index in [9.17, 15) is 20.4 Å². The molecule has 3 aliphatic heterocycles. The summed E-state index contributed by atoms with van der Waals surface area (Å²) in [5.74, 6) is -2.43. The van der Waals surface area contributed by atoms with E-state index in [1.54, 1.807) is 6.92 Å².